The number of thiol groups is 2. The lowest BCUT2D eigenvalue weighted by atomic mass is 10.5. The monoisotopic (exact) mass is 254 g/mol. The van der Waals surface area contributed by atoms with Crippen LogP contribution in [-0.4, -0.2) is 22.0 Å². The van der Waals surface area contributed by atoms with Gasteiger partial charge in [-0.05, 0) is 0 Å². The minimum absolute atomic E-state index is 0.191. The molecule has 0 aromatic carbocycles. The van der Waals surface area contributed by atoms with Gasteiger partial charge in [-0.1, -0.05) is 12.2 Å². The fourth-order valence-electron chi connectivity index (χ4n) is 0.365. The molecule has 0 aliphatic rings. The first kappa shape index (κ1) is 13.8. The summed E-state index contributed by atoms with van der Waals surface area (Å²) in [5, 5.41) is 0.383. The fourth-order valence-corrected chi connectivity index (χ4v) is 2.00. The van der Waals surface area contributed by atoms with Gasteiger partial charge in [0.1, 0.15) is 0 Å². The van der Waals surface area contributed by atoms with Gasteiger partial charge in [0.15, 0.2) is 0 Å². The maximum atomic E-state index is 5.22. The van der Waals surface area contributed by atoms with E-state index in [9.17, 15) is 0 Å². The van der Waals surface area contributed by atoms with Crippen LogP contribution in [0.4, 0.5) is 0 Å². The van der Waals surface area contributed by atoms with E-state index in [2.05, 4.69) is 38.4 Å². The van der Waals surface area contributed by atoms with E-state index < -0.39 is 0 Å². The van der Waals surface area contributed by atoms with E-state index in [0.717, 1.165) is 11.5 Å². The van der Waals surface area contributed by atoms with Crippen LogP contribution in [0.2, 0.25) is 0 Å². The Balaban J connectivity index is 3.16. The van der Waals surface area contributed by atoms with Crippen molar-refractivity contribution in [2.75, 3.05) is 11.5 Å². The lowest BCUT2D eigenvalue weighted by Gasteiger charge is -2.05. The predicted molar refractivity (Wildman–Crippen MR) is 71.9 cm³/mol. The topological polar surface area (TPSA) is 9.23 Å². The third kappa shape index (κ3) is 9.15. The molecule has 0 amide bonds. The molecule has 76 valence electrons. The van der Waals surface area contributed by atoms with Crippen LogP contribution in [-0.2, 0) is 3.63 Å². The Morgan fingerprint density at radius 3 is 1.77 bits per heavy atom. The Labute approximate surface area is 100 Å². The van der Waals surface area contributed by atoms with Gasteiger partial charge >= 0.3 is 0 Å². The van der Waals surface area contributed by atoms with Crippen molar-refractivity contribution in [3.63, 3.8) is 0 Å². The van der Waals surface area contributed by atoms with Gasteiger partial charge in [0, 0.05) is 46.1 Å². The van der Waals surface area contributed by atoms with Crippen molar-refractivity contribution in [1.29, 1.82) is 0 Å². The third-order valence-corrected chi connectivity index (χ3v) is 4.16. The molecule has 0 aromatic rings. The molecule has 0 aliphatic heterocycles. The highest BCUT2D eigenvalue weighted by molar-refractivity contribution is 8.08. The molecule has 0 radical (unpaired) electrons. The summed E-state index contributed by atoms with van der Waals surface area (Å²) in [5.74, 6) is 1.62. The summed E-state index contributed by atoms with van der Waals surface area (Å²) in [4.78, 5) is 0. The quantitative estimate of drug-likeness (QED) is 0.298. The van der Waals surface area contributed by atoms with Crippen LogP contribution in [0.25, 0.3) is 0 Å². The Morgan fingerprint density at radius 2 is 1.46 bits per heavy atom. The van der Waals surface area contributed by atoms with Crippen LogP contribution in [0.5, 0.6) is 0 Å². The summed E-state index contributed by atoms with van der Waals surface area (Å²) in [7, 11) is 0. The second-order valence-corrected chi connectivity index (χ2v) is 5.25. The first-order valence-electron chi connectivity index (χ1n) is 3.73. The van der Waals surface area contributed by atoms with Crippen LogP contribution in [0.1, 0.15) is 0 Å². The molecule has 13 heavy (non-hydrogen) atoms. The van der Waals surface area contributed by atoms with Gasteiger partial charge in [0.05, 0.1) is 0 Å². The molecule has 0 spiro atoms. The molecule has 0 aliphatic carbocycles. The normalized spacial score (nSPS) is 14.9. The van der Waals surface area contributed by atoms with Gasteiger partial charge in [-0.2, -0.15) is 25.3 Å². The van der Waals surface area contributed by atoms with Gasteiger partial charge in [-0.15, -0.1) is 13.2 Å². The van der Waals surface area contributed by atoms with Crippen molar-refractivity contribution in [3.8, 4) is 0 Å². The number of rotatable bonds is 8. The van der Waals surface area contributed by atoms with Crippen molar-refractivity contribution in [2.24, 2.45) is 0 Å². The Hall–Kier alpha value is 0.840. The van der Waals surface area contributed by atoms with E-state index >= 15 is 0 Å². The first-order chi connectivity index (χ1) is 6.20. The SMILES string of the molecule is C=CC(S)CSOSCC(S)C=C. The zero-order chi connectivity index (χ0) is 10.1. The molecule has 5 heteroatoms. The van der Waals surface area contributed by atoms with E-state index in [1.165, 1.54) is 24.1 Å². The average Bonchev–Trinajstić information content (AvgIpc) is 2.16. The lowest BCUT2D eigenvalue weighted by Crippen LogP contribution is -1.98. The van der Waals surface area contributed by atoms with Gasteiger partial charge in [-0.3, -0.25) is 0 Å². The summed E-state index contributed by atoms with van der Waals surface area (Å²) in [5.41, 5.74) is 0. The largest absolute Gasteiger partial charge is 0.247 e. The van der Waals surface area contributed by atoms with Crippen LogP contribution in [0, 0.1) is 0 Å². The lowest BCUT2D eigenvalue weighted by molar-refractivity contribution is 0.756. The zero-order valence-electron chi connectivity index (χ0n) is 7.26. The number of hydrogen-bond acceptors (Lipinski definition) is 5. The van der Waals surface area contributed by atoms with Crippen LogP contribution in [0.15, 0.2) is 25.3 Å². The highest BCUT2D eigenvalue weighted by Gasteiger charge is 2.00. The summed E-state index contributed by atoms with van der Waals surface area (Å²) in [6.07, 6.45) is 3.57. The molecule has 1 nitrogen and oxygen atoms in total. The second-order valence-electron chi connectivity index (χ2n) is 2.24. The highest BCUT2D eigenvalue weighted by atomic mass is 32.2. The second kappa shape index (κ2) is 9.40. The maximum Gasteiger partial charge on any atom is 0.0362 e. The minimum Gasteiger partial charge on any atom is -0.247 e. The van der Waals surface area contributed by atoms with E-state index in [1.54, 1.807) is 12.2 Å². The van der Waals surface area contributed by atoms with Crippen LogP contribution < -0.4 is 0 Å². The Kier molecular flexibility index (Phi) is 10.0. The van der Waals surface area contributed by atoms with Crippen LogP contribution in [0.3, 0.4) is 0 Å². The smallest absolute Gasteiger partial charge is 0.0362 e. The Morgan fingerprint density at radius 1 is 1.08 bits per heavy atom. The molecule has 0 rings (SSSR count). The summed E-state index contributed by atoms with van der Waals surface area (Å²) in [6.45, 7) is 7.25. The molecule has 0 saturated carbocycles. The van der Waals surface area contributed by atoms with Crippen molar-refractivity contribution in [1.82, 2.24) is 0 Å². The Bertz CT molecular complexity index is 135. The first-order valence-corrected chi connectivity index (χ1v) is 6.58. The van der Waals surface area contributed by atoms with Crippen LogP contribution >= 0.6 is 49.3 Å². The van der Waals surface area contributed by atoms with E-state index in [1.807, 2.05) is 0 Å². The average molecular weight is 254 g/mol. The van der Waals surface area contributed by atoms with Gasteiger partial charge < -0.3 is 0 Å². The summed E-state index contributed by atoms with van der Waals surface area (Å²) < 4.78 is 5.22. The molecule has 0 fully saturated rings. The van der Waals surface area contributed by atoms with E-state index in [0.29, 0.717) is 0 Å². The van der Waals surface area contributed by atoms with Gasteiger partial charge in [0.2, 0.25) is 0 Å². The van der Waals surface area contributed by atoms with Crippen molar-refractivity contribution >= 4 is 49.3 Å². The maximum absolute atomic E-state index is 5.22. The van der Waals surface area contributed by atoms with Crippen molar-refractivity contribution in [2.45, 2.75) is 10.5 Å². The zero-order valence-corrected chi connectivity index (χ0v) is 10.7. The molecule has 2 atom stereocenters. The molecular weight excluding hydrogens is 240 g/mol. The minimum atomic E-state index is 0.191. The summed E-state index contributed by atoms with van der Waals surface area (Å²) in [6, 6.07) is 0. The van der Waals surface area contributed by atoms with Crippen molar-refractivity contribution < 1.29 is 3.63 Å². The molecule has 0 N–H and O–H groups in total. The third-order valence-electron chi connectivity index (χ3n) is 1.12. The standard InChI is InChI=1S/C8H14OS4/c1-3-7(10)5-12-9-13-6-8(11)4-2/h3-4,7-8,10-11H,1-2,5-6H2. The predicted octanol–water partition coefficient (Wildman–Crippen LogP) is 3.27. The molecule has 0 bridgehead atoms. The van der Waals surface area contributed by atoms with Gasteiger partial charge in [0.25, 0.3) is 0 Å². The fraction of sp³-hybridized carbons (Fsp3) is 0.500. The van der Waals surface area contributed by atoms with E-state index in [-0.39, 0.29) is 10.5 Å². The van der Waals surface area contributed by atoms with Gasteiger partial charge in [-0.25, -0.2) is 3.63 Å². The highest BCUT2D eigenvalue weighted by Crippen LogP contribution is 2.19. The molecular formula is C8H14OS4. The molecule has 0 heterocycles. The summed E-state index contributed by atoms with van der Waals surface area (Å²) >= 11 is 11.2. The number of hydrogen-bond donors (Lipinski definition) is 2. The molecule has 0 aromatic heterocycles. The van der Waals surface area contributed by atoms with E-state index in [4.69, 9.17) is 3.63 Å². The molecule has 0 saturated heterocycles. The van der Waals surface area contributed by atoms with Crippen molar-refractivity contribution in [3.05, 3.63) is 25.3 Å². The molecule has 2 unspecified atom stereocenters.